The number of rotatable bonds is 0. The molecular formula is C6H11O. The minimum Gasteiger partial charge on any atom is -0.387 e. The SMILES string of the molecule is C[C@@H]1CC[C](O)C1. The summed E-state index contributed by atoms with van der Waals surface area (Å²) in [5.74, 6) is 0.736. The zero-order valence-corrected chi connectivity index (χ0v) is 4.65. The van der Waals surface area contributed by atoms with Crippen molar-refractivity contribution >= 4 is 0 Å². The second kappa shape index (κ2) is 1.83. The lowest BCUT2D eigenvalue weighted by molar-refractivity contribution is 0.291. The van der Waals surface area contributed by atoms with Crippen molar-refractivity contribution < 1.29 is 5.11 Å². The Morgan fingerprint density at radius 3 is 2.57 bits per heavy atom. The Morgan fingerprint density at radius 1 is 1.71 bits per heavy atom. The highest BCUT2D eigenvalue weighted by molar-refractivity contribution is 4.85. The second-order valence-corrected chi connectivity index (χ2v) is 2.41. The van der Waals surface area contributed by atoms with Crippen molar-refractivity contribution in [1.29, 1.82) is 0 Å². The van der Waals surface area contributed by atoms with Crippen molar-refractivity contribution in [2.75, 3.05) is 0 Å². The number of aliphatic hydroxyl groups is 1. The predicted octanol–water partition coefficient (Wildman–Crippen LogP) is 1.71. The molecule has 0 heterocycles. The van der Waals surface area contributed by atoms with E-state index in [1.807, 2.05) is 0 Å². The van der Waals surface area contributed by atoms with Crippen LogP contribution in [0, 0.1) is 12.0 Å². The summed E-state index contributed by atoms with van der Waals surface area (Å²) in [7, 11) is 0. The average molecular weight is 99.2 g/mol. The average Bonchev–Trinajstić information content (AvgIpc) is 1.87. The molecule has 0 saturated heterocycles. The van der Waals surface area contributed by atoms with Crippen LogP contribution in [0.3, 0.4) is 0 Å². The van der Waals surface area contributed by atoms with Gasteiger partial charge in [0.1, 0.15) is 0 Å². The normalized spacial score (nSPS) is 34.3. The fraction of sp³-hybridized carbons (Fsp3) is 0.833. The Morgan fingerprint density at radius 2 is 2.43 bits per heavy atom. The molecule has 1 N–H and O–H groups in total. The molecule has 0 spiro atoms. The Bertz CT molecular complexity index is 53.2. The first-order chi connectivity index (χ1) is 3.29. The minimum absolute atomic E-state index is 0.701. The van der Waals surface area contributed by atoms with Crippen molar-refractivity contribution in [1.82, 2.24) is 0 Å². The van der Waals surface area contributed by atoms with Gasteiger partial charge in [-0.1, -0.05) is 6.92 Å². The standard InChI is InChI=1S/C6H11O/c1-5-2-3-6(7)4-5/h5,7H,2-4H2,1H3/t5-/m1/s1. The van der Waals surface area contributed by atoms with E-state index in [-0.39, 0.29) is 0 Å². The van der Waals surface area contributed by atoms with E-state index in [0.29, 0.717) is 6.10 Å². The molecule has 0 bridgehead atoms. The van der Waals surface area contributed by atoms with Crippen LogP contribution in [0.25, 0.3) is 0 Å². The fourth-order valence-corrected chi connectivity index (χ4v) is 1.02. The van der Waals surface area contributed by atoms with Crippen molar-refractivity contribution in [2.24, 2.45) is 5.92 Å². The molecule has 1 radical (unpaired) electrons. The summed E-state index contributed by atoms with van der Waals surface area (Å²) in [6.07, 6.45) is 3.78. The molecule has 1 aliphatic carbocycles. The van der Waals surface area contributed by atoms with E-state index >= 15 is 0 Å². The lowest BCUT2D eigenvalue weighted by Crippen LogP contribution is -1.86. The van der Waals surface area contributed by atoms with Gasteiger partial charge in [0.15, 0.2) is 0 Å². The molecule has 0 aliphatic heterocycles. The molecule has 1 fully saturated rings. The molecule has 1 aliphatic rings. The van der Waals surface area contributed by atoms with Crippen molar-refractivity contribution in [2.45, 2.75) is 26.2 Å². The van der Waals surface area contributed by atoms with E-state index in [1.165, 1.54) is 6.42 Å². The molecule has 7 heavy (non-hydrogen) atoms. The Balaban J connectivity index is 2.26. The Kier molecular flexibility index (Phi) is 1.33. The maximum Gasteiger partial charge on any atom is 0.0936 e. The first kappa shape index (κ1) is 5.10. The summed E-state index contributed by atoms with van der Waals surface area (Å²) in [5.41, 5.74) is 0. The van der Waals surface area contributed by atoms with E-state index in [1.54, 1.807) is 0 Å². The first-order valence-electron chi connectivity index (χ1n) is 2.82. The van der Waals surface area contributed by atoms with Crippen LogP contribution in [-0.2, 0) is 0 Å². The molecule has 41 valence electrons. The van der Waals surface area contributed by atoms with Gasteiger partial charge in [-0.3, -0.25) is 0 Å². The maximum absolute atomic E-state index is 8.82. The molecule has 1 rings (SSSR count). The molecule has 0 amide bonds. The first-order valence-corrected chi connectivity index (χ1v) is 2.82. The fourth-order valence-electron chi connectivity index (χ4n) is 1.02. The van der Waals surface area contributed by atoms with Gasteiger partial charge in [-0.15, -0.1) is 0 Å². The summed E-state index contributed by atoms with van der Waals surface area (Å²) in [6.45, 7) is 2.17. The molecule has 0 unspecified atom stereocenters. The van der Waals surface area contributed by atoms with Gasteiger partial charge in [0, 0.05) is 0 Å². The summed E-state index contributed by atoms with van der Waals surface area (Å²) >= 11 is 0. The van der Waals surface area contributed by atoms with Gasteiger partial charge in [0.25, 0.3) is 0 Å². The second-order valence-electron chi connectivity index (χ2n) is 2.41. The zero-order chi connectivity index (χ0) is 5.28. The summed E-state index contributed by atoms with van der Waals surface area (Å²) in [4.78, 5) is 0. The summed E-state index contributed by atoms with van der Waals surface area (Å²) in [6, 6.07) is 0. The van der Waals surface area contributed by atoms with Gasteiger partial charge in [-0.2, -0.15) is 0 Å². The smallest absolute Gasteiger partial charge is 0.0936 e. The third-order valence-electron chi connectivity index (χ3n) is 1.51. The van der Waals surface area contributed by atoms with Crippen LogP contribution in [0.1, 0.15) is 26.2 Å². The van der Waals surface area contributed by atoms with Crippen LogP contribution in [0.2, 0.25) is 0 Å². The summed E-state index contributed by atoms with van der Waals surface area (Å²) < 4.78 is 0. The predicted molar refractivity (Wildman–Crippen MR) is 28.2 cm³/mol. The Hall–Kier alpha value is -0.0400. The molecule has 1 nitrogen and oxygen atoms in total. The van der Waals surface area contributed by atoms with Gasteiger partial charge in [0.2, 0.25) is 0 Å². The highest BCUT2D eigenvalue weighted by Gasteiger charge is 2.18. The van der Waals surface area contributed by atoms with Crippen LogP contribution in [0.5, 0.6) is 0 Å². The van der Waals surface area contributed by atoms with Crippen LogP contribution in [-0.4, -0.2) is 5.11 Å². The van der Waals surface area contributed by atoms with E-state index in [9.17, 15) is 0 Å². The molecule has 1 atom stereocenters. The van der Waals surface area contributed by atoms with E-state index in [4.69, 9.17) is 5.11 Å². The number of aliphatic hydroxyl groups excluding tert-OH is 1. The molecule has 0 aromatic carbocycles. The van der Waals surface area contributed by atoms with Crippen molar-refractivity contribution in [3.63, 3.8) is 0 Å². The quantitative estimate of drug-likeness (QED) is 0.490. The van der Waals surface area contributed by atoms with E-state index < -0.39 is 0 Å². The van der Waals surface area contributed by atoms with Crippen molar-refractivity contribution in [3.05, 3.63) is 6.10 Å². The van der Waals surface area contributed by atoms with Gasteiger partial charge in [0.05, 0.1) is 6.10 Å². The molecule has 1 heteroatoms. The lowest BCUT2D eigenvalue weighted by atomic mass is 10.1. The monoisotopic (exact) mass is 99.1 g/mol. The third-order valence-corrected chi connectivity index (χ3v) is 1.51. The van der Waals surface area contributed by atoms with Crippen LogP contribution in [0.4, 0.5) is 0 Å². The molecule has 1 saturated carbocycles. The molecule has 0 aromatic rings. The van der Waals surface area contributed by atoms with Gasteiger partial charge in [-0.05, 0) is 25.2 Å². The maximum atomic E-state index is 8.82. The topological polar surface area (TPSA) is 20.2 Å². The van der Waals surface area contributed by atoms with Crippen molar-refractivity contribution in [3.8, 4) is 0 Å². The minimum atomic E-state index is 0.701. The molecular weight excluding hydrogens is 88.1 g/mol. The van der Waals surface area contributed by atoms with Crippen LogP contribution in [0.15, 0.2) is 0 Å². The molecule has 0 aromatic heterocycles. The van der Waals surface area contributed by atoms with Gasteiger partial charge >= 0.3 is 0 Å². The third kappa shape index (κ3) is 1.16. The van der Waals surface area contributed by atoms with Gasteiger partial charge < -0.3 is 5.11 Å². The Labute approximate surface area is 44.4 Å². The lowest BCUT2D eigenvalue weighted by Gasteiger charge is -1.94. The highest BCUT2D eigenvalue weighted by atomic mass is 16.3. The van der Waals surface area contributed by atoms with Crippen LogP contribution >= 0.6 is 0 Å². The zero-order valence-electron chi connectivity index (χ0n) is 4.65. The van der Waals surface area contributed by atoms with E-state index in [2.05, 4.69) is 6.92 Å². The summed E-state index contributed by atoms with van der Waals surface area (Å²) in [5, 5.41) is 8.82. The highest BCUT2D eigenvalue weighted by Crippen LogP contribution is 2.29. The van der Waals surface area contributed by atoms with E-state index in [0.717, 1.165) is 18.8 Å². The number of hydrogen-bond acceptors (Lipinski definition) is 1. The van der Waals surface area contributed by atoms with Crippen LogP contribution < -0.4 is 0 Å². The number of hydrogen-bond donors (Lipinski definition) is 1. The largest absolute Gasteiger partial charge is 0.387 e. The van der Waals surface area contributed by atoms with Gasteiger partial charge in [-0.25, -0.2) is 0 Å².